The lowest BCUT2D eigenvalue weighted by molar-refractivity contribution is -0.145. The van der Waals surface area contributed by atoms with Crippen LogP contribution in [0.3, 0.4) is 0 Å². The van der Waals surface area contributed by atoms with Crippen molar-refractivity contribution in [2.45, 2.75) is 12.3 Å². The highest BCUT2D eigenvalue weighted by Gasteiger charge is 2.30. The number of benzene rings is 2. The van der Waals surface area contributed by atoms with Crippen LogP contribution in [0.1, 0.15) is 11.7 Å². The Morgan fingerprint density at radius 2 is 1.75 bits per heavy atom. The average molecular weight is 283 g/mol. The smallest absolute Gasteiger partial charge is 0.387 e. The van der Waals surface area contributed by atoms with Crippen LogP contribution in [0.5, 0.6) is 0 Å². The van der Waals surface area contributed by atoms with Crippen LogP contribution >= 0.6 is 0 Å². The first-order valence-corrected chi connectivity index (χ1v) is 6.28. The first kappa shape index (κ1) is 14.8. The van der Waals surface area contributed by atoms with Crippen LogP contribution in [0.4, 0.5) is 13.2 Å². The highest BCUT2D eigenvalue weighted by atomic mass is 19.4. The second kappa shape index (κ2) is 5.81. The van der Waals surface area contributed by atoms with Gasteiger partial charge in [-0.05, 0) is 23.4 Å². The number of fused-ring (bicyclic) bond motifs is 1. The molecule has 2 aromatic rings. The summed E-state index contributed by atoms with van der Waals surface area (Å²) in [6.45, 7) is -1.09. The summed E-state index contributed by atoms with van der Waals surface area (Å²) in [7, 11) is 1.35. The Balaban J connectivity index is 2.17. The quantitative estimate of drug-likeness (QED) is 0.930. The molecule has 0 bridgehead atoms. The molecule has 2 aromatic carbocycles. The Hall–Kier alpha value is -1.59. The predicted octanol–water partition coefficient (Wildman–Crippen LogP) is 3.37. The molecule has 0 aliphatic carbocycles. The largest absolute Gasteiger partial charge is 0.401 e. The Bertz CT molecular complexity index is 577. The fourth-order valence-corrected chi connectivity index (χ4v) is 2.31. The molecule has 0 saturated carbocycles. The van der Waals surface area contributed by atoms with Crippen molar-refractivity contribution in [1.82, 2.24) is 4.90 Å². The van der Waals surface area contributed by atoms with Gasteiger partial charge < -0.3 is 5.11 Å². The molecular weight excluding hydrogens is 267 g/mol. The summed E-state index contributed by atoms with van der Waals surface area (Å²) in [5.74, 6) is 0. The molecule has 20 heavy (non-hydrogen) atoms. The van der Waals surface area contributed by atoms with Crippen LogP contribution < -0.4 is 0 Å². The van der Waals surface area contributed by atoms with Gasteiger partial charge in [-0.3, -0.25) is 4.90 Å². The normalized spacial score (nSPS) is 13.9. The molecule has 5 heteroatoms. The third-order valence-corrected chi connectivity index (χ3v) is 3.12. The summed E-state index contributed by atoms with van der Waals surface area (Å²) in [6, 6.07) is 12.9. The average Bonchev–Trinajstić information content (AvgIpc) is 2.35. The van der Waals surface area contributed by atoms with Gasteiger partial charge in [0.2, 0.25) is 0 Å². The standard InChI is InChI=1S/C15H16F3NO/c1-19(10-15(16,17)18)9-14(20)13-8-4-6-11-5-2-3-7-12(11)13/h2-8,14,20H,9-10H2,1H3. The van der Waals surface area contributed by atoms with Gasteiger partial charge in [0.15, 0.2) is 0 Å². The highest BCUT2D eigenvalue weighted by Crippen LogP contribution is 2.25. The van der Waals surface area contributed by atoms with Crippen LogP contribution in [0, 0.1) is 0 Å². The van der Waals surface area contributed by atoms with E-state index >= 15 is 0 Å². The summed E-state index contributed by atoms with van der Waals surface area (Å²) < 4.78 is 36.9. The maximum atomic E-state index is 12.3. The minimum atomic E-state index is -4.26. The number of likely N-dealkylation sites (N-methyl/N-ethyl adjacent to an activating group) is 1. The number of halogens is 3. The van der Waals surface area contributed by atoms with Crippen molar-refractivity contribution >= 4 is 10.8 Å². The van der Waals surface area contributed by atoms with E-state index in [1.54, 1.807) is 12.1 Å². The second-order valence-electron chi connectivity index (χ2n) is 4.90. The summed E-state index contributed by atoms with van der Waals surface area (Å²) in [4.78, 5) is 1.08. The van der Waals surface area contributed by atoms with E-state index < -0.39 is 18.8 Å². The number of aliphatic hydroxyl groups excluding tert-OH is 1. The van der Waals surface area contributed by atoms with Gasteiger partial charge in [0.05, 0.1) is 12.6 Å². The van der Waals surface area contributed by atoms with Gasteiger partial charge >= 0.3 is 6.18 Å². The molecule has 0 spiro atoms. The van der Waals surface area contributed by atoms with Crippen molar-refractivity contribution in [3.05, 3.63) is 48.0 Å². The summed E-state index contributed by atoms with van der Waals surface area (Å²) in [5, 5.41) is 12.0. The number of aliphatic hydroxyl groups is 1. The van der Waals surface area contributed by atoms with Crippen LogP contribution in [0.2, 0.25) is 0 Å². The number of rotatable bonds is 4. The Labute approximate surface area is 115 Å². The lowest BCUT2D eigenvalue weighted by Crippen LogP contribution is -2.34. The molecule has 0 fully saturated rings. The molecular formula is C15H16F3NO. The minimum Gasteiger partial charge on any atom is -0.387 e. The van der Waals surface area contributed by atoms with Crippen LogP contribution in [0.15, 0.2) is 42.5 Å². The predicted molar refractivity (Wildman–Crippen MR) is 72.5 cm³/mol. The molecule has 1 N–H and O–H groups in total. The zero-order valence-electron chi connectivity index (χ0n) is 11.1. The van der Waals surface area contributed by atoms with Crippen molar-refractivity contribution in [2.75, 3.05) is 20.1 Å². The van der Waals surface area contributed by atoms with E-state index in [9.17, 15) is 18.3 Å². The first-order valence-electron chi connectivity index (χ1n) is 6.28. The fourth-order valence-electron chi connectivity index (χ4n) is 2.31. The molecule has 1 atom stereocenters. The summed E-state index contributed by atoms with van der Waals surface area (Å²) in [5.41, 5.74) is 0.650. The van der Waals surface area contributed by atoms with Gasteiger partial charge in [0.25, 0.3) is 0 Å². The van der Waals surface area contributed by atoms with E-state index in [2.05, 4.69) is 0 Å². The maximum Gasteiger partial charge on any atom is 0.401 e. The van der Waals surface area contributed by atoms with E-state index in [-0.39, 0.29) is 6.54 Å². The molecule has 0 aromatic heterocycles. The van der Waals surface area contributed by atoms with Crippen LogP contribution in [0.25, 0.3) is 10.8 Å². The van der Waals surface area contributed by atoms with Crippen molar-refractivity contribution in [3.8, 4) is 0 Å². The van der Waals surface area contributed by atoms with E-state index in [0.29, 0.717) is 5.56 Å². The number of hydrogen-bond acceptors (Lipinski definition) is 2. The minimum absolute atomic E-state index is 0.0620. The third-order valence-electron chi connectivity index (χ3n) is 3.12. The molecule has 2 nitrogen and oxygen atoms in total. The second-order valence-corrected chi connectivity index (χ2v) is 4.90. The summed E-state index contributed by atoms with van der Waals surface area (Å²) >= 11 is 0. The van der Waals surface area contributed by atoms with Crippen molar-refractivity contribution in [2.24, 2.45) is 0 Å². The monoisotopic (exact) mass is 283 g/mol. The number of hydrogen-bond donors (Lipinski definition) is 1. The van der Waals surface area contributed by atoms with Crippen molar-refractivity contribution < 1.29 is 18.3 Å². The SMILES string of the molecule is CN(CC(O)c1cccc2ccccc12)CC(F)(F)F. The number of alkyl halides is 3. The first-order chi connectivity index (χ1) is 9.37. The van der Waals surface area contributed by atoms with Gasteiger partial charge in [-0.2, -0.15) is 13.2 Å². The highest BCUT2D eigenvalue weighted by molar-refractivity contribution is 5.85. The lowest BCUT2D eigenvalue weighted by Gasteiger charge is -2.22. The molecule has 0 heterocycles. The van der Waals surface area contributed by atoms with Gasteiger partial charge in [0, 0.05) is 6.54 Å². The zero-order valence-corrected chi connectivity index (χ0v) is 11.1. The lowest BCUT2D eigenvalue weighted by atomic mass is 10.0. The molecule has 0 aliphatic heterocycles. The molecule has 0 amide bonds. The van der Waals surface area contributed by atoms with Crippen molar-refractivity contribution in [1.29, 1.82) is 0 Å². The van der Waals surface area contributed by atoms with Crippen molar-refractivity contribution in [3.63, 3.8) is 0 Å². The molecule has 0 saturated heterocycles. The van der Waals surface area contributed by atoms with Crippen LogP contribution in [-0.2, 0) is 0 Å². The van der Waals surface area contributed by atoms with E-state index in [1.165, 1.54) is 7.05 Å². The molecule has 0 radical (unpaired) electrons. The molecule has 2 rings (SSSR count). The third kappa shape index (κ3) is 3.71. The van der Waals surface area contributed by atoms with E-state index in [1.807, 2.05) is 30.3 Å². The van der Waals surface area contributed by atoms with Crippen LogP contribution in [-0.4, -0.2) is 36.3 Å². The van der Waals surface area contributed by atoms with Gasteiger partial charge in [-0.15, -0.1) is 0 Å². The molecule has 0 aliphatic rings. The fraction of sp³-hybridized carbons (Fsp3) is 0.333. The Morgan fingerprint density at radius 3 is 2.45 bits per heavy atom. The zero-order chi connectivity index (χ0) is 14.8. The molecule has 108 valence electrons. The van der Waals surface area contributed by atoms with Gasteiger partial charge in [-0.25, -0.2) is 0 Å². The Kier molecular flexibility index (Phi) is 4.30. The maximum absolute atomic E-state index is 12.3. The topological polar surface area (TPSA) is 23.5 Å². The van der Waals surface area contributed by atoms with Gasteiger partial charge in [0.1, 0.15) is 0 Å². The van der Waals surface area contributed by atoms with Gasteiger partial charge in [-0.1, -0.05) is 42.5 Å². The number of nitrogens with zero attached hydrogens (tertiary/aromatic N) is 1. The summed E-state index contributed by atoms with van der Waals surface area (Å²) in [6.07, 6.45) is -5.21. The molecule has 1 unspecified atom stereocenters. The van der Waals surface area contributed by atoms with E-state index in [4.69, 9.17) is 0 Å². The van der Waals surface area contributed by atoms with E-state index in [0.717, 1.165) is 15.7 Å². The Morgan fingerprint density at radius 1 is 1.10 bits per heavy atom.